The number of aliphatic carboxylic acids is 1. The number of nitrogens with one attached hydrogen (secondary N) is 1. The lowest BCUT2D eigenvalue weighted by Gasteiger charge is -2.20. The van der Waals surface area contributed by atoms with E-state index in [1.165, 1.54) is 23.1 Å². The van der Waals surface area contributed by atoms with Crippen molar-refractivity contribution in [2.45, 2.75) is 30.7 Å². The molecule has 2 N–H and O–H groups in total. The third-order valence-corrected chi connectivity index (χ3v) is 6.83. The molecular formula is C26H19ClF2N2O4. The number of rotatable bonds is 6. The summed E-state index contributed by atoms with van der Waals surface area (Å²) in [6.07, 6.45) is 1.24. The first-order chi connectivity index (χ1) is 16.7. The first-order valence-electron chi connectivity index (χ1n) is 10.9. The molecule has 0 radical (unpaired) electrons. The minimum atomic E-state index is -1.36. The number of hydrogen-bond donors (Lipinski definition) is 2. The minimum absolute atomic E-state index is 0.101. The molecule has 0 saturated heterocycles. The maximum atomic E-state index is 14.7. The average molecular weight is 497 g/mol. The molecule has 3 aromatic rings. The Hall–Kier alpha value is -3.78. The minimum Gasteiger partial charge on any atom is -0.480 e. The van der Waals surface area contributed by atoms with E-state index in [4.69, 9.17) is 11.6 Å². The summed E-state index contributed by atoms with van der Waals surface area (Å²) in [7, 11) is 0. The summed E-state index contributed by atoms with van der Waals surface area (Å²) >= 11 is 5.90. The van der Waals surface area contributed by atoms with Gasteiger partial charge in [0, 0.05) is 12.1 Å². The number of nitrogens with zero attached hydrogens (tertiary/aromatic N) is 1. The largest absolute Gasteiger partial charge is 0.480 e. The highest BCUT2D eigenvalue weighted by atomic mass is 35.5. The standard InChI is InChI=1S/C26H19ClF2N2O4/c27-17-4-2-5-18(28)21(17)23(32)30-20(24(33)34)13-14-7-9-15(10-8-14)31-22-16(3-1-6-19(22)29)26(11-12-26)25(31)35/h1-10,20H,11-13H2,(H,30,32)(H,33,34)/t20-/m0/s1. The molecule has 178 valence electrons. The second-order valence-corrected chi connectivity index (χ2v) is 9.10. The second-order valence-electron chi connectivity index (χ2n) is 8.69. The number of carbonyl (C=O) groups excluding carboxylic acids is 2. The van der Waals surface area contributed by atoms with E-state index in [0.717, 1.165) is 6.07 Å². The van der Waals surface area contributed by atoms with Gasteiger partial charge in [-0.1, -0.05) is 41.9 Å². The van der Waals surface area contributed by atoms with Crippen molar-refractivity contribution in [2.75, 3.05) is 4.90 Å². The molecule has 0 bridgehead atoms. The topological polar surface area (TPSA) is 86.7 Å². The molecular weight excluding hydrogens is 478 g/mol. The predicted octanol–water partition coefficient (Wildman–Crippen LogP) is 4.75. The van der Waals surface area contributed by atoms with Crippen molar-refractivity contribution < 1.29 is 28.3 Å². The summed E-state index contributed by atoms with van der Waals surface area (Å²) in [6, 6.07) is 13.5. The molecule has 2 aliphatic rings. The zero-order valence-corrected chi connectivity index (χ0v) is 19.0. The molecule has 1 saturated carbocycles. The fourth-order valence-corrected chi connectivity index (χ4v) is 4.82. The van der Waals surface area contributed by atoms with Gasteiger partial charge in [0.2, 0.25) is 5.91 Å². The number of carboxylic acids is 1. The Morgan fingerprint density at radius 2 is 1.69 bits per heavy atom. The summed E-state index contributed by atoms with van der Waals surface area (Å²) in [5.74, 6) is -3.77. The van der Waals surface area contributed by atoms with Gasteiger partial charge in [0.25, 0.3) is 5.91 Å². The Morgan fingerprint density at radius 3 is 2.31 bits per heavy atom. The summed E-state index contributed by atoms with van der Waals surface area (Å²) in [4.78, 5) is 38.8. The fraction of sp³-hybridized carbons (Fsp3) is 0.192. The lowest BCUT2D eigenvalue weighted by atomic mass is 9.98. The summed E-state index contributed by atoms with van der Waals surface area (Å²) in [5.41, 5.74) is 0.846. The fourth-order valence-electron chi connectivity index (χ4n) is 4.58. The maximum Gasteiger partial charge on any atom is 0.326 e. The molecule has 3 aromatic carbocycles. The van der Waals surface area contributed by atoms with Crippen molar-refractivity contribution in [3.63, 3.8) is 0 Å². The maximum absolute atomic E-state index is 14.7. The molecule has 1 aliphatic carbocycles. The zero-order valence-electron chi connectivity index (χ0n) is 18.2. The van der Waals surface area contributed by atoms with Crippen LogP contribution in [0.2, 0.25) is 5.02 Å². The van der Waals surface area contributed by atoms with E-state index >= 15 is 0 Å². The SMILES string of the molecule is O=C(N[C@@H](Cc1ccc(N2C(=O)C3(CC3)c3cccc(F)c32)cc1)C(=O)O)c1c(F)cccc1Cl. The summed E-state index contributed by atoms with van der Waals surface area (Å²) in [5, 5.41) is 11.8. The van der Waals surface area contributed by atoms with E-state index in [1.807, 2.05) is 0 Å². The van der Waals surface area contributed by atoms with Crippen LogP contribution >= 0.6 is 11.6 Å². The van der Waals surface area contributed by atoms with Crippen LogP contribution in [0.4, 0.5) is 20.2 Å². The van der Waals surface area contributed by atoms with Crippen LogP contribution < -0.4 is 10.2 Å². The van der Waals surface area contributed by atoms with Crippen molar-refractivity contribution >= 4 is 40.8 Å². The molecule has 1 spiro atoms. The third-order valence-electron chi connectivity index (χ3n) is 6.52. The summed E-state index contributed by atoms with van der Waals surface area (Å²) < 4.78 is 28.7. The van der Waals surface area contributed by atoms with Crippen LogP contribution in [0.15, 0.2) is 60.7 Å². The summed E-state index contributed by atoms with van der Waals surface area (Å²) in [6.45, 7) is 0. The molecule has 1 aliphatic heterocycles. The Labute approximate surface area is 204 Å². The smallest absolute Gasteiger partial charge is 0.326 e. The lowest BCUT2D eigenvalue weighted by molar-refractivity contribution is -0.139. The van der Waals surface area contributed by atoms with E-state index in [0.29, 0.717) is 29.7 Å². The first kappa shape index (κ1) is 23.0. The monoisotopic (exact) mass is 496 g/mol. The van der Waals surface area contributed by atoms with Crippen LogP contribution in [0.5, 0.6) is 0 Å². The van der Waals surface area contributed by atoms with E-state index in [9.17, 15) is 28.3 Å². The van der Waals surface area contributed by atoms with Crippen molar-refractivity contribution in [3.05, 3.63) is 94.0 Å². The predicted molar refractivity (Wildman–Crippen MR) is 125 cm³/mol. The van der Waals surface area contributed by atoms with Gasteiger partial charge in [-0.2, -0.15) is 0 Å². The van der Waals surface area contributed by atoms with Crippen molar-refractivity contribution in [1.82, 2.24) is 5.32 Å². The number of hydrogen-bond acceptors (Lipinski definition) is 3. The molecule has 5 rings (SSSR count). The molecule has 35 heavy (non-hydrogen) atoms. The highest BCUT2D eigenvalue weighted by molar-refractivity contribution is 6.33. The van der Waals surface area contributed by atoms with Gasteiger partial charge < -0.3 is 10.4 Å². The van der Waals surface area contributed by atoms with Gasteiger partial charge in [-0.05, 0) is 54.3 Å². The van der Waals surface area contributed by atoms with Gasteiger partial charge in [-0.25, -0.2) is 13.6 Å². The quantitative estimate of drug-likeness (QED) is 0.515. The van der Waals surface area contributed by atoms with Crippen LogP contribution in [0.1, 0.15) is 34.3 Å². The molecule has 1 atom stereocenters. The lowest BCUT2D eigenvalue weighted by Crippen LogP contribution is -2.42. The Kier molecular flexibility index (Phi) is 5.56. The number of para-hydroxylation sites is 1. The van der Waals surface area contributed by atoms with Gasteiger partial charge >= 0.3 is 5.97 Å². The highest BCUT2D eigenvalue weighted by Gasteiger charge is 2.60. The van der Waals surface area contributed by atoms with E-state index in [2.05, 4.69) is 5.32 Å². The number of benzene rings is 3. The third kappa shape index (κ3) is 3.83. The van der Waals surface area contributed by atoms with Gasteiger partial charge in [0.1, 0.15) is 17.7 Å². The van der Waals surface area contributed by atoms with Crippen LogP contribution in [-0.2, 0) is 21.4 Å². The average Bonchev–Trinajstić information content (AvgIpc) is 3.58. The highest BCUT2D eigenvalue weighted by Crippen LogP contribution is 2.59. The van der Waals surface area contributed by atoms with Crippen molar-refractivity contribution in [1.29, 1.82) is 0 Å². The van der Waals surface area contributed by atoms with Gasteiger partial charge in [-0.15, -0.1) is 0 Å². The van der Waals surface area contributed by atoms with Gasteiger partial charge in [-0.3, -0.25) is 14.5 Å². The van der Waals surface area contributed by atoms with Crippen molar-refractivity contribution in [2.24, 2.45) is 0 Å². The normalized spacial score (nSPS) is 16.2. The number of carbonyl (C=O) groups is 3. The van der Waals surface area contributed by atoms with E-state index < -0.39 is 40.5 Å². The molecule has 6 nitrogen and oxygen atoms in total. The number of carboxylic acid groups (broad SMARTS) is 1. The number of halogens is 3. The zero-order chi connectivity index (χ0) is 24.9. The Morgan fingerprint density at radius 1 is 1.03 bits per heavy atom. The van der Waals surface area contributed by atoms with Gasteiger partial charge in [0.05, 0.1) is 21.7 Å². The molecule has 9 heteroatoms. The van der Waals surface area contributed by atoms with Crippen molar-refractivity contribution in [3.8, 4) is 0 Å². The van der Waals surface area contributed by atoms with Gasteiger partial charge in [0.15, 0.2) is 0 Å². The number of amides is 2. The van der Waals surface area contributed by atoms with Crippen LogP contribution in [0.25, 0.3) is 0 Å². The van der Waals surface area contributed by atoms with Crippen LogP contribution in [-0.4, -0.2) is 28.9 Å². The van der Waals surface area contributed by atoms with Crippen LogP contribution in [0.3, 0.4) is 0 Å². The molecule has 1 heterocycles. The molecule has 1 fully saturated rings. The molecule has 2 amide bonds. The van der Waals surface area contributed by atoms with Crippen LogP contribution in [0, 0.1) is 11.6 Å². The Bertz CT molecular complexity index is 1350. The molecule has 0 unspecified atom stereocenters. The second kappa shape index (κ2) is 8.46. The van der Waals surface area contributed by atoms with E-state index in [1.54, 1.807) is 36.4 Å². The first-order valence-corrected chi connectivity index (χ1v) is 11.3. The number of fused-ring (bicyclic) bond motifs is 2. The Balaban J connectivity index is 1.37. The number of anilines is 2. The molecule has 0 aromatic heterocycles. The van der Waals surface area contributed by atoms with E-state index in [-0.39, 0.29) is 23.0 Å².